The fourth-order valence-electron chi connectivity index (χ4n) is 3.35. The molecule has 2 aromatic rings. The first-order valence-corrected chi connectivity index (χ1v) is 9.40. The van der Waals surface area contributed by atoms with Crippen molar-refractivity contribution >= 4 is 5.91 Å². The van der Waals surface area contributed by atoms with Gasteiger partial charge in [0, 0.05) is 49.9 Å². The van der Waals surface area contributed by atoms with Crippen LogP contribution in [0.25, 0.3) is 11.3 Å². The van der Waals surface area contributed by atoms with Gasteiger partial charge in [0.05, 0.1) is 0 Å². The molecule has 1 aliphatic rings. The van der Waals surface area contributed by atoms with Crippen LogP contribution in [-0.4, -0.2) is 61.5 Å². The van der Waals surface area contributed by atoms with E-state index in [-0.39, 0.29) is 5.91 Å². The molecule has 3 rings (SSSR count). The third-order valence-electron chi connectivity index (χ3n) is 5.16. The lowest BCUT2D eigenvalue weighted by Crippen LogP contribution is -2.48. The largest absolute Gasteiger partial charge is 0.461 e. The summed E-state index contributed by atoms with van der Waals surface area (Å²) in [5.74, 6) is 1.63. The molecular formula is C21H29N3O2. The van der Waals surface area contributed by atoms with Crippen LogP contribution in [0.1, 0.15) is 29.5 Å². The molecule has 0 aliphatic carbocycles. The number of furan rings is 1. The fourth-order valence-corrected chi connectivity index (χ4v) is 3.35. The maximum absolute atomic E-state index is 12.5. The molecule has 1 N–H and O–H groups in total. The Bertz CT molecular complexity index is 732. The van der Waals surface area contributed by atoms with Crippen LogP contribution in [0.3, 0.4) is 0 Å². The minimum atomic E-state index is -0.0271. The van der Waals surface area contributed by atoms with Crippen LogP contribution in [0.5, 0.6) is 0 Å². The first kappa shape index (κ1) is 18.7. The second-order valence-corrected chi connectivity index (χ2v) is 7.22. The number of likely N-dealkylation sites (N-methyl/N-ethyl adjacent to an activating group) is 1. The average molecular weight is 355 g/mol. The molecule has 1 aromatic heterocycles. The molecule has 1 aliphatic heterocycles. The first-order chi connectivity index (χ1) is 12.5. The highest BCUT2D eigenvalue weighted by Crippen LogP contribution is 2.22. The van der Waals surface area contributed by atoms with Crippen LogP contribution in [0.15, 0.2) is 40.8 Å². The van der Waals surface area contributed by atoms with Gasteiger partial charge < -0.3 is 14.6 Å². The normalized spacial score (nSPS) is 17.2. The summed E-state index contributed by atoms with van der Waals surface area (Å²) in [6.07, 6.45) is 0.965. The summed E-state index contributed by atoms with van der Waals surface area (Å²) in [5.41, 5.74) is 1.60. The van der Waals surface area contributed by atoms with Gasteiger partial charge in [-0.05, 0) is 51.6 Å². The van der Waals surface area contributed by atoms with E-state index in [9.17, 15) is 4.79 Å². The molecule has 1 atom stereocenters. The molecule has 0 unspecified atom stereocenters. The van der Waals surface area contributed by atoms with Gasteiger partial charge in [0.2, 0.25) is 0 Å². The Balaban J connectivity index is 1.50. The molecule has 1 aromatic carbocycles. The van der Waals surface area contributed by atoms with Gasteiger partial charge in [-0.2, -0.15) is 0 Å². The van der Waals surface area contributed by atoms with Crippen molar-refractivity contribution in [2.45, 2.75) is 26.3 Å². The number of benzene rings is 1. The van der Waals surface area contributed by atoms with Gasteiger partial charge >= 0.3 is 0 Å². The second-order valence-electron chi connectivity index (χ2n) is 7.22. The number of amides is 1. The molecule has 0 bridgehead atoms. The summed E-state index contributed by atoms with van der Waals surface area (Å²) >= 11 is 0. The predicted octanol–water partition coefficient (Wildman–Crippen LogP) is 3.01. The molecule has 1 fully saturated rings. The van der Waals surface area contributed by atoms with Crippen molar-refractivity contribution in [2.75, 3.05) is 39.8 Å². The van der Waals surface area contributed by atoms with Gasteiger partial charge in [0.1, 0.15) is 11.5 Å². The number of piperazine rings is 1. The zero-order valence-corrected chi connectivity index (χ0v) is 16.0. The molecule has 0 radical (unpaired) electrons. The molecular weight excluding hydrogens is 326 g/mol. The van der Waals surface area contributed by atoms with Gasteiger partial charge in [-0.25, -0.2) is 0 Å². The number of nitrogens with one attached hydrogen (secondary N) is 1. The van der Waals surface area contributed by atoms with Crippen LogP contribution in [0.4, 0.5) is 0 Å². The molecule has 5 heteroatoms. The summed E-state index contributed by atoms with van der Waals surface area (Å²) < 4.78 is 5.65. The number of rotatable bonds is 6. The summed E-state index contributed by atoms with van der Waals surface area (Å²) in [6.45, 7) is 9.31. The topological polar surface area (TPSA) is 48.7 Å². The number of hydrogen-bond donors (Lipinski definition) is 1. The van der Waals surface area contributed by atoms with E-state index in [4.69, 9.17) is 4.42 Å². The summed E-state index contributed by atoms with van der Waals surface area (Å²) in [6, 6.07) is 11.9. The Morgan fingerprint density at radius 3 is 2.65 bits per heavy atom. The van der Waals surface area contributed by atoms with E-state index in [1.165, 1.54) is 0 Å². The SMILES string of the molecule is Cc1ccc(-c2cccc(C(=O)NCC[C@H](C)N3CCN(C)CC3)c2)o1. The van der Waals surface area contributed by atoms with Crippen molar-refractivity contribution in [3.05, 3.63) is 47.7 Å². The van der Waals surface area contributed by atoms with Crippen molar-refractivity contribution in [3.63, 3.8) is 0 Å². The van der Waals surface area contributed by atoms with E-state index in [0.29, 0.717) is 18.2 Å². The lowest BCUT2D eigenvalue weighted by atomic mass is 10.1. The molecule has 0 saturated carbocycles. The van der Waals surface area contributed by atoms with Crippen LogP contribution in [-0.2, 0) is 0 Å². The fraction of sp³-hybridized carbons (Fsp3) is 0.476. The highest BCUT2D eigenvalue weighted by atomic mass is 16.3. The third-order valence-corrected chi connectivity index (χ3v) is 5.16. The number of carbonyl (C=O) groups is 1. The minimum absolute atomic E-state index is 0.0271. The Morgan fingerprint density at radius 2 is 1.96 bits per heavy atom. The zero-order valence-electron chi connectivity index (χ0n) is 16.0. The Labute approximate surface area is 156 Å². The molecule has 1 saturated heterocycles. The van der Waals surface area contributed by atoms with E-state index < -0.39 is 0 Å². The second kappa shape index (κ2) is 8.52. The van der Waals surface area contributed by atoms with Crippen molar-refractivity contribution < 1.29 is 9.21 Å². The highest BCUT2D eigenvalue weighted by Gasteiger charge is 2.19. The Hall–Kier alpha value is -2.11. The average Bonchev–Trinajstić information content (AvgIpc) is 3.08. The molecule has 5 nitrogen and oxygen atoms in total. The smallest absolute Gasteiger partial charge is 0.251 e. The van der Waals surface area contributed by atoms with Gasteiger partial charge in [0.15, 0.2) is 0 Å². The standard InChI is InChI=1S/C21H29N3O2/c1-16(24-13-11-23(3)12-14-24)9-10-22-21(25)19-6-4-5-18(15-19)20-8-7-17(2)26-20/h4-8,15-16H,9-14H2,1-3H3,(H,22,25)/t16-/m0/s1. The van der Waals surface area contributed by atoms with E-state index >= 15 is 0 Å². The number of carbonyl (C=O) groups excluding carboxylic acids is 1. The van der Waals surface area contributed by atoms with Gasteiger partial charge in [0.25, 0.3) is 5.91 Å². The van der Waals surface area contributed by atoms with Gasteiger partial charge in [-0.15, -0.1) is 0 Å². The molecule has 1 amide bonds. The van der Waals surface area contributed by atoms with Gasteiger partial charge in [-0.1, -0.05) is 12.1 Å². The van der Waals surface area contributed by atoms with E-state index in [2.05, 4.69) is 29.1 Å². The zero-order chi connectivity index (χ0) is 18.5. The van der Waals surface area contributed by atoms with E-state index in [1.54, 1.807) is 0 Å². The summed E-state index contributed by atoms with van der Waals surface area (Å²) in [7, 11) is 2.17. The van der Waals surface area contributed by atoms with E-state index in [0.717, 1.165) is 49.7 Å². The summed E-state index contributed by atoms with van der Waals surface area (Å²) in [4.78, 5) is 17.3. The molecule has 26 heavy (non-hydrogen) atoms. The monoisotopic (exact) mass is 355 g/mol. The van der Waals surface area contributed by atoms with Crippen molar-refractivity contribution in [1.82, 2.24) is 15.1 Å². The first-order valence-electron chi connectivity index (χ1n) is 9.40. The number of nitrogens with zero attached hydrogens (tertiary/aromatic N) is 2. The Morgan fingerprint density at radius 1 is 1.19 bits per heavy atom. The maximum atomic E-state index is 12.5. The summed E-state index contributed by atoms with van der Waals surface area (Å²) in [5, 5.41) is 3.05. The number of aryl methyl sites for hydroxylation is 1. The van der Waals surface area contributed by atoms with Crippen molar-refractivity contribution in [1.29, 1.82) is 0 Å². The van der Waals surface area contributed by atoms with Crippen LogP contribution >= 0.6 is 0 Å². The minimum Gasteiger partial charge on any atom is -0.461 e. The van der Waals surface area contributed by atoms with Crippen molar-refractivity contribution in [2.24, 2.45) is 0 Å². The quantitative estimate of drug-likeness (QED) is 0.865. The molecule has 0 spiro atoms. The lowest BCUT2D eigenvalue weighted by Gasteiger charge is -2.36. The van der Waals surface area contributed by atoms with Crippen LogP contribution in [0, 0.1) is 6.92 Å². The lowest BCUT2D eigenvalue weighted by molar-refractivity contribution is 0.0935. The number of hydrogen-bond acceptors (Lipinski definition) is 4. The molecule has 140 valence electrons. The van der Waals surface area contributed by atoms with Crippen molar-refractivity contribution in [3.8, 4) is 11.3 Å². The van der Waals surface area contributed by atoms with Crippen LogP contribution in [0.2, 0.25) is 0 Å². The van der Waals surface area contributed by atoms with Gasteiger partial charge in [-0.3, -0.25) is 9.69 Å². The van der Waals surface area contributed by atoms with Crippen LogP contribution < -0.4 is 5.32 Å². The predicted molar refractivity (Wildman–Crippen MR) is 104 cm³/mol. The molecule has 2 heterocycles. The Kier molecular flexibility index (Phi) is 6.12. The third kappa shape index (κ3) is 4.74. The highest BCUT2D eigenvalue weighted by molar-refractivity contribution is 5.95. The van der Waals surface area contributed by atoms with E-state index in [1.807, 2.05) is 43.3 Å². The maximum Gasteiger partial charge on any atom is 0.251 e.